The summed E-state index contributed by atoms with van der Waals surface area (Å²) in [5.41, 5.74) is 1.92. The van der Waals surface area contributed by atoms with Gasteiger partial charge in [-0.3, -0.25) is 14.9 Å². The maximum atomic E-state index is 13.1. The summed E-state index contributed by atoms with van der Waals surface area (Å²) in [5, 5.41) is 11.3. The Hall–Kier alpha value is -2.89. The highest BCUT2D eigenvalue weighted by Gasteiger charge is 2.30. The summed E-state index contributed by atoms with van der Waals surface area (Å²) < 4.78 is 0. The summed E-state index contributed by atoms with van der Waals surface area (Å²) in [6.45, 7) is 4.79. The second-order valence-corrected chi connectivity index (χ2v) is 7.25. The molecule has 3 rings (SSSR count). The molecule has 2 aromatic rings. The van der Waals surface area contributed by atoms with Crippen molar-refractivity contribution in [3.63, 3.8) is 0 Å². The van der Waals surface area contributed by atoms with Crippen LogP contribution in [0.5, 0.6) is 0 Å². The number of amides is 1. The van der Waals surface area contributed by atoms with Gasteiger partial charge in [-0.15, -0.1) is 0 Å². The Balaban J connectivity index is 1.64. The fourth-order valence-electron chi connectivity index (χ4n) is 3.85. The van der Waals surface area contributed by atoms with Crippen LogP contribution in [0.4, 0.5) is 11.4 Å². The fraction of sp³-hybridized carbons (Fsp3) is 0.409. The molecule has 6 heteroatoms. The molecule has 2 aromatic carbocycles. The molecule has 1 saturated heterocycles. The highest BCUT2D eigenvalue weighted by molar-refractivity contribution is 5.79. The van der Waals surface area contributed by atoms with E-state index in [1.165, 1.54) is 6.07 Å². The van der Waals surface area contributed by atoms with Crippen LogP contribution in [0.3, 0.4) is 0 Å². The second kappa shape index (κ2) is 9.35. The lowest BCUT2D eigenvalue weighted by atomic mass is 9.94. The van der Waals surface area contributed by atoms with E-state index in [1.807, 2.05) is 46.2 Å². The van der Waals surface area contributed by atoms with Gasteiger partial charge in [0.1, 0.15) is 5.69 Å². The number of nitro groups is 1. The Labute approximate surface area is 165 Å². The SMILES string of the molecule is CCCN(Cc1ccccc1)C(=O)C1CCN(c2ccccc2[N+](=O)[O-])CC1. The van der Waals surface area contributed by atoms with Gasteiger partial charge in [0, 0.05) is 38.2 Å². The smallest absolute Gasteiger partial charge is 0.292 e. The van der Waals surface area contributed by atoms with E-state index in [4.69, 9.17) is 0 Å². The van der Waals surface area contributed by atoms with E-state index < -0.39 is 0 Å². The summed E-state index contributed by atoms with van der Waals surface area (Å²) in [6, 6.07) is 16.9. The summed E-state index contributed by atoms with van der Waals surface area (Å²) in [5.74, 6) is 0.183. The van der Waals surface area contributed by atoms with Crippen molar-refractivity contribution in [2.75, 3.05) is 24.5 Å². The molecule has 28 heavy (non-hydrogen) atoms. The van der Waals surface area contributed by atoms with Crippen LogP contribution >= 0.6 is 0 Å². The molecule has 148 valence electrons. The van der Waals surface area contributed by atoms with E-state index in [0.717, 1.165) is 31.4 Å². The summed E-state index contributed by atoms with van der Waals surface area (Å²) in [4.78, 5) is 28.1. The van der Waals surface area contributed by atoms with Gasteiger partial charge in [-0.2, -0.15) is 0 Å². The normalized spacial score (nSPS) is 14.7. The molecule has 0 radical (unpaired) electrons. The molecule has 0 unspecified atom stereocenters. The molecule has 0 saturated carbocycles. The Bertz CT molecular complexity index is 802. The maximum absolute atomic E-state index is 13.1. The lowest BCUT2D eigenvalue weighted by Crippen LogP contribution is -2.42. The van der Waals surface area contributed by atoms with Gasteiger partial charge in [0.05, 0.1) is 4.92 Å². The summed E-state index contributed by atoms with van der Waals surface area (Å²) in [7, 11) is 0. The van der Waals surface area contributed by atoms with Crippen molar-refractivity contribution in [1.82, 2.24) is 4.90 Å². The van der Waals surface area contributed by atoms with E-state index in [2.05, 4.69) is 6.92 Å². The predicted molar refractivity (Wildman–Crippen MR) is 110 cm³/mol. The number of nitrogens with zero attached hydrogens (tertiary/aromatic N) is 3. The van der Waals surface area contributed by atoms with Gasteiger partial charge in [-0.1, -0.05) is 49.4 Å². The van der Waals surface area contributed by atoms with Gasteiger partial charge in [-0.25, -0.2) is 0 Å². The number of carbonyl (C=O) groups is 1. The lowest BCUT2D eigenvalue weighted by molar-refractivity contribution is -0.384. The minimum atomic E-state index is -0.338. The number of hydrogen-bond acceptors (Lipinski definition) is 4. The number of benzene rings is 2. The predicted octanol–water partition coefficient (Wildman–Crippen LogP) is 4.25. The van der Waals surface area contributed by atoms with Gasteiger partial charge in [0.15, 0.2) is 0 Å². The number of piperidine rings is 1. The van der Waals surface area contributed by atoms with Crippen LogP contribution in [-0.4, -0.2) is 35.4 Å². The van der Waals surface area contributed by atoms with E-state index in [9.17, 15) is 14.9 Å². The Morgan fingerprint density at radius 3 is 2.39 bits per heavy atom. The van der Waals surface area contributed by atoms with Crippen LogP contribution in [0.1, 0.15) is 31.7 Å². The molecular formula is C22H27N3O3. The molecule has 0 aliphatic carbocycles. The quantitative estimate of drug-likeness (QED) is 0.531. The molecule has 6 nitrogen and oxygen atoms in total. The van der Waals surface area contributed by atoms with Crippen molar-refractivity contribution in [3.05, 3.63) is 70.3 Å². The first-order valence-corrected chi connectivity index (χ1v) is 9.91. The summed E-state index contributed by atoms with van der Waals surface area (Å²) in [6.07, 6.45) is 2.37. The van der Waals surface area contributed by atoms with Crippen LogP contribution in [0.15, 0.2) is 54.6 Å². The molecule has 0 N–H and O–H groups in total. The van der Waals surface area contributed by atoms with Crippen molar-refractivity contribution < 1.29 is 9.72 Å². The average molecular weight is 381 g/mol. The third-order valence-electron chi connectivity index (χ3n) is 5.28. The Morgan fingerprint density at radius 1 is 1.11 bits per heavy atom. The number of rotatable bonds is 7. The van der Waals surface area contributed by atoms with Crippen molar-refractivity contribution in [2.45, 2.75) is 32.7 Å². The third kappa shape index (κ3) is 4.68. The molecule has 0 bridgehead atoms. The van der Waals surface area contributed by atoms with Crippen LogP contribution in [0.25, 0.3) is 0 Å². The van der Waals surface area contributed by atoms with Gasteiger partial charge < -0.3 is 9.80 Å². The zero-order valence-electron chi connectivity index (χ0n) is 16.3. The van der Waals surface area contributed by atoms with Crippen LogP contribution in [0.2, 0.25) is 0 Å². The van der Waals surface area contributed by atoms with Crippen LogP contribution in [-0.2, 0) is 11.3 Å². The first kappa shape index (κ1) is 19.9. The number of carbonyl (C=O) groups excluding carboxylic acids is 1. The molecule has 0 aromatic heterocycles. The molecule has 1 amide bonds. The fourth-order valence-corrected chi connectivity index (χ4v) is 3.85. The van der Waals surface area contributed by atoms with Crippen molar-refractivity contribution in [2.24, 2.45) is 5.92 Å². The molecular weight excluding hydrogens is 354 g/mol. The minimum Gasteiger partial charge on any atom is -0.366 e. The van der Waals surface area contributed by atoms with Gasteiger partial charge in [-0.05, 0) is 30.9 Å². The minimum absolute atomic E-state index is 0.0192. The third-order valence-corrected chi connectivity index (χ3v) is 5.28. The average Bonchev–Trinajstić information content (AvgIpc) is 2.74. The van der Waals surface area contributed by atoms with Crippen molar-refractivity contribution >= 4 is 17.3 Å². The molecule has 1 fully saturated rings. The Morgan fingerprint density at radius 2 is 1.75 bits per heavy atom. The molecule has 1 aliphatic rings. The Kier molecular flexibility index (Phi) is 6.63. The first-order valence-electron chi connectivity index (χ1n) is 9.91. The monoisotopic (exact) mass is 381 g/mol. The topological polar surface area (TPSA) is 66.7 Å². The zero-order valence-corrected chi connectivity index (χ0v) is 16.3. The number of nitro benzene ring substituents is 1. The van der Waals surface area contributed by atoms with Crippen molar-refractivity contribution in [1.29, 1.82) is 0 Å². The van der Waals surface area contributed by atoms with E-state index in [1.54, 1.807) is 12.1 Å². The van der Waals surface area contributed by atoms with Crippen molar-refractivity contribution in [3.8, 4) is 0 Å². The largest absolute Gasteiger partial charge is 0.366 e. The lowest BCUT2D eigenvalue weighted by Gasteiger charge is -2.35. The molecule has 0 spiro atoms. The standard InChI is InChI=1S/C22H27N3O3/c1-2-14-24(17-18-8-4-3-5-9-18)22(26)19-12-15-23(16-13-19)20-10-6-7-11-21(20)25(27)28/h3-11,19H,2,12-17H2,1H3. The number of anilines is 1. The van der Waals surface area contributed by atoms with Gasteiger partial charge >= 0.3 is 0 Å². The van der Waals surface area contributed by atoms with E-state index >= 15 is 0 Å². The van der Waals surface area contributed by atoms with Gasteiger partial charge in [0.25, 0.3) is 5.69 Å². The second-order valence-electron chi connectivity index (χ2n) is 7.25. The van der Waals surface area contributed by atoms with E-state index in [-0.39, 0.29) is 22.4 Å². The molecule has 0 atom stereocenters. The molecule has 1 heterocycles. The first-order chi connectivity index (χ1) is 13.6. The number of para-hydroxylation sites is 2. The number of hydrogen-bond donors (Lipinski definition) is 0. The summed E-state index contributed by atoms with van der Waals surface area (Å²) >= 11 is 0. The van der Waals surface area contributed by atoms with Crippen LogP contribution < -0.4 is 4.90 Å². The zero-order chi connectivity index (χ0) is 19.9. The van der Waals surface area contributed by atoms with E-state index in [0.29, 0.717) is 25.3 Å². The molecule has 1 aliphatic heterocycles. The highest BCUT2D eigenvalue weighted by Crippen LogP contribution is 2.31. The highest BCUT2D eigenvalue weighted by atomic mass is 16.6. The van der Waals surface area contributed by atoms with Gasteiger partial charge in [0.2, 0.25) is 5.91 Å². The maximum Gasteiger partial charge on any atom is 0.292 e. The van der Waals surface area contributed by atoms with Crippen LogP contribution in [0, 0.1) is 16.0 Å².